The Labute approximate surface area is 232 Å². The Balaban J connectivity index is 1.29. The van der Waals surface area contributed by atoms with Crippen LogP contribution in [-0.2, 0) is 6.61 Å². The molecule has 1 N–H and O–H groups in total. The molecule has 39 heavy (non-hydrogen) atoms. The third-order valence-corrected chi connectivity index (χ3v) is 5.72. The number of para-hydroxylation sites is 1. The molecule has 7 nitrogen and oxygen atoms in total. The lowest BCUT2D eigenvalue weighted by Gasteiger charge is -2.10. The van der Waals surface area contributed by atoms with E-state index in [0.29, 0.717) is 52.2 Å². The Morgan fingerprint density at radius 3 is 2.26 bits per heavy atom. The zero-order chi connectivity index (χ0) is 27.5. The second-order valence-electron chi connectivity index (χ2n) is 8.44. The molecule has 198 valence electrons. The SMILES string of the molecule is CCCOc1ccc(C(=O)Oc2ccc(/C=N/NC(=O)c3ccccc3OCc3ccc(Cl)cc3)cc2)cc1. The molecule has 0 heterocycles. The molecule has 0 fully saturated rings. The highest BCUT2D eigenvalue weighted by Gasteiger charge is 2.12. The van der Waals surface area contributed by atoms with Crippen LogP contribution in [0.2, 0.25) is 5.02 Å². The highest BCUT2D eigenvalue weighted by molar-refractivity contribution is 6.30. The molecule has 0 unspecified atom stereocenters. The van der Waals surface area contributed by atoms with Crippen molar-refractivity contribution in [1.29, 1.82) is 0 Å². The molecule has 8 heteroatoms. The van der Waals surface area contributed by atoms with Gasteiger partial charge in [-0.05, 0) is 90.3 Å². The van der Waals surface area contributed by atoms with Crippen molar-refractivity contribution in [2.24, 2.45) is 5.10 Å². The van der Waals surface area contributed by atoms with E-state index in [1.165, 1.54) is 6.21 Å². The normalized spacial score (nSPS) is 10.7. The molecular weight excluding hydrogens is 516 g/mol. The van der Waals surface area contributed by atoms with Gasteiger partial charge in [0.1, 0.15) is 23.9 Å². The Bertz CT molecular complexity index is 1420. The first kappa shape index (κ1) is 27.4. The van der Waals surface area contributed by atoms with Crippen LogP contribution in [0.25, 0.3) is 0 Å². The lowest BCUT2D eigenvalue weighted by molar-refractivity contribution is 0.0734. The predicted molar refractivity (Wildman–Crippen MR) is 151 cm³/mol. The maximum Gasteiger partial charge on any atom is 0.343 e. The van der Waals surface area contributed by atoms with Crippen molar-refractivity contribution in [3.8, 4) is 17.2 Å². The van der Waals surface area contributed by atoms with Crippen LogP contribution in [0, 0.1) is 0 Å². The van der Waals surface area contributed by atoms with E-state index in [-0.39, 0.29) is 0 Å². The minimum Gasteiger partial charge on any atom is -0.494 e. The van der Waals surface area contributed by atoms with Gasteiger partial charge in [-0.3, -0.25) is 4.79 Å². The van der Waals surface area contributed by atoms with Crippen LogP contribution in [0.1, 0.15) is 45.2 Å². The van der Waals surface area contributed by atoms with Crippen LogP contribution >= 0.6 is 11.6 Å². The molecule has 0 saturated carbocycles. The molecule has 1 amide bonds. The first-order valence-corrected chi connectivity index (χ1v) is 12.7. The van der Waals surface area contributed by atoms with Crippen LogP contribution in [0.5, 0.6) is 17.2 Å². The topological polar surface area (TPSA) is 86.2 Å². The first-order chi connectivity index (χ1) is 19.0. The predicted octanol–water partition coefficient (Wildman–Crippen LogP) is 6.69. The average molecular weight is 543 g/mol. The molecule has 0 atom stereocenters. The summed E-state index contributed by atoms with van der Waals surface area (Å²) in [6, 6.07) is 27.8. The summed E-state index contributed by atoms with van der Waals surface area (Å²) in [5, 5.41) is 4.68. The second-order valence-corrected chi connectivity index (χ2v) is 8.88. The molecule has 4 rings (SSSR count). The number of rotatable bonds is 11. The van der Waals surface area contributed by atoms with Gasteiger partial charge in [0.05, 0.1) is 23.9 Å². The number of nitrogens with one attached hydrogen (secondary N) is 1. The largest absolute Gasteiger partial charge is 0.494 e. The Kier molecular flexibility index (Phi) is 9.69. The fraction of sp³-hybridized carbons (Fsp3) is 0.129. The van der Waals surface area contributed by atoms with Gasteiger partial charge in [-0.15, -0.1) is 0 Å². The average Bonchev–Trinajstić information content (AvgIpc) is 2.97. The van der Waals surface area contributed by atoms with E-state index in [9.17, 15) is 9.59 Å². The number of ether oxygens (including phenoxy) is 3. The number of carbonyl (C=O) groups excluding carboxylic acids is 2. The van der Waals surface area contributed by atoms with E-state index in [4.69, 9.17) is 25.8 Å². The van der Waals surface area contributed by atoms with Crippen LogP contribution in [0.15, 0.2) is 102 Å². The summed E-state index contributed by atoms with van der Waals surface area (Å²) in [6.45, 7) is 2.94. The number of hydrogen-bond acceptors (Lipinski definition) is 6. The molecular formula is C31H27ClN2O5. The quantitative estimate of drug-likeness (QED) is 0.0987. The van der Waals surface area contributed by atoms with E-state index in [0.717, 1.165) is 12.0 Å². The number of amides is 1. The molecule has 4 aromatic carbocycles. The Hall–Kier alpha value is -4.62. The summed E-state index contributed by atoms with van der Waals surface area (Å²) in [4.78, 5) is 25.1. The van der Waals surface area contributed by atoms with Crippen molar-refractivity contribution >= 4 is 29.7 Å². The molecule has 0 aliphatic heterocycles. The summed E-state index contributed by atoms with van der Waals surface area (Å²) in [5.41, 5.74) is 4.93. The smallest absolute Gasteiger partial charge is 0.343 e. The Morgan fingerprint density at radius 1 is 0.846 bits per heavy atom. The van der Waals surface area contributed by atoms with Gasteiger partial charge in [-0.2, -0.15) is 5.10 Å². The van der Waals surface area contributed by atoms with Gasteiger partial charge in [0.15, 0.2) is 0 Å². The standard InChI is InChI=1S/C31H27ClN2O5/c1-2-19-37-26-17-11-24(12-18-26)31(36)39-27-15-9-22(10-16-27)20-33-34-30(35)28-5-3-4-6-29(28)38-21-23-7-13-25(32)14-8-23/h3-18,20H,2,19,21H2,1H3,(H,34,35)/b33-20+. The molecule has 0 aromatic heterocycles. The fourth-order valence-electron chi connectivity index (χ4n) is 3.44. The number of benzene rings is 4. The van der Waals surface area contributed by atoms with Crippen molar-refractivity contribution in [2.75, 3.05) is 6.61 Å². The number of hydrogen-bond donors (Lipinski definition) is 1. The first-order valence-electron chi connectivity index (χ1n) is 12.4. The number of esters is 1. The minimum absolute atomic E-state index is 0.292. The maximum absolute atomic E-state index is 12.7. The molecule has 0 bridgehead atoms. The van der Waals surface area contributed by atoms with Gasteiger partial charge >= 0.3 is 5.97 Å². The van der Waals surface area contributed by atoms with Crippen molar-refractivity contribution in [3.63, 3.8) is 0 Å². The van der Waals surface area contributed by atoms with E-state index in [2.05, 4.69) is 10.5 Å². The number of carbonyl (C=O) groups is 2. The van der Waals surface area contributed by atoms with Crippen LogP contribution in [0.3, 0.4) is 0 Å². The molecule has 0 spiro atoms. The highest BCUT2D eigenvalue weighted by atomic mass is 35.5. The van der Waals surface area contributed by atoms with Crippen LogP contribution in [0.4, 0.5) is 0 Å². The molecule has 0 radical (unpaired) electrons. The van der Waals surface area contributed by atoms with E-state index in [1.807, 2.05) is 19.1 Å². The van der Waals surface area contributed by atoms with Gasteiger partial charge in [-0.25, -0.2) is 10.2 Å². The van der Waals surface area contributed by atoms with Gasteiger partial charge in [0, 0.05) is 5.02 Å². The summed E-state index contributed by atoms with van der Waals surface area (Å²) >= 11 is 5.92. The molecule has 0 aliphatic rings. The van der Waals surface area contributed by atoms with Gasteiger partial charge < -0.3 is 14.2 Å². The van der Waals surface area contributed by atoms with Crippen molar-refractivity contribution in [2.45, 2.75) is 20.0 Å². The number of hydrazone groups is 1. The minimum atomic E-state index is -0.470. The second kappa shape index (κ2) is 13.8. The van der Waals surface area contributed by atoms with Crippen molar-refractivity contribution < 1.29 is 23.8 Å². The van der Waals surface area contributed by atoms with E-state index < -0.39 is 11.9 Å². The van der Waals surface area contributed by atoms with E-state index >= 15 is 0 Å². The molecule has 4 aromatic rings. The summed E-state index contributed by atoms with van der Waals surface area (Å²) < 4.78 is 16.8. The maximum atomic E-state index is 12.7. The van der Waals surface area contributed by atoms with Gasteiger partial charge in [0.2, 0.25) is 0 Å². The zero-order valence-electron chi connectivity index (χ0n) is 21.3. The van der Waals surface area contributed by atoms with Crippen LogP contribution in [-0.4, -0.2) is 24.7 Å². The van der Waals surface area contributed by atoms with Gasteiger partial charge in [0.25, 0.3) is 5.91 Å². The monoisotopic (exact) mass is 542 g/mol. The Morgan fingerprint density at radius 2 is 1.54 bits per heavy atom. The van der Waals surface area contributed by atoms with Crippen molar-refractivity contribution in [3.05, 3.63) is 124 Å². The summed E-state index contributed by atoms with van der Waals surface area (Å²) in [5.74, 6) is 0.657. The lowest BCUT2D eigenvalue weighted by Crippen LogP contribution is -2.18. The highest BCUT2D eigenvalue weighted by Crippen LogP contribution is 2.20. The van der Waals surface area contributed by atoms with E-state index in [1.54, 1.807) is 84.9 Å². The zero-order valence-corrected chi connectivity index (χ0v) is 22.1. The fourth-order valence-corrected chi connectivity index (χ4v) is 3.57. The van der Waals surface area contributed by atoms with Gasteiger partial charge in [-0.1, -0.05) is 42.8 Å². The number of halogens is 1. The number of nitrogens with zero attached hydrogens (tertiary/aromatic N) is 1. The lowest BCUT2D eigenvalue weighted by atomic mass is 10.2. The third kappa shape index (κ3) is 8.18. The molecule has 0 saturated heterocycles. The summed E-state index contributed by atoms with van der Waals surface area (Å²) in [7, 11) is 0. The summed E-state index contributed by atoms with van der Waals surface area (Å²) in [6.07, 6.45) is 2.40. The third-order valence-electron chi connectivity index (χ3n) is 5.47. The van der Waals surface area contributed by atoms with Crippen LogP contribution < -0.4 is 19.6 Å². The van der Waals surface area contributed by atoms with Crippen molar-refractivity contribution in [1.82, 2.24) is 5.43 Å². The molecule has 0 aliphatic carbocycles.